The number of carboxylic acids is 1. The number of fused-ring (bicyclic) bond motifs is 1. The van der Waals surface area contributed by atoms with Crippen molar-refractivity contribution in [1.29, 1.82) is 0 Å². The molecule has 33 heavy (non-hydrogen) atoms. The van der Waals surface area contributed by atoms with E-state index in [2.05, 4.69) is 10.6 Å². The van der Waals surface area contributed by atoms with Gasteiger partial charge >= 0.3 is 12.0 Å². The van der Waals surface area contributed by atoms with Crippen LogP contribution in [0.2, 0.25) is 0 Å². The van der Waals surface area contributed by atoms with E-state index in [1.807, 2.05) is 31.2 Å². The maximum Gasteiger partial charge on any atom is 0.323 e. The second-order valence-electron chi connectivity index (χ2n) is 8.21. The highest BCUT2D eigenvalue weighted by Crippen LogP contribution is 2.32. The molecule has 168 valence electrons. The van der Waals surface area contributed by atoms with Crippen molar-refractivity contribution >= 4 is 29.2 Å². The van der Waals surface area contributed by atoms with Crippen LogP contribution in [0.5, 0.6) is 0 Å². The zero-order chi connectivity index (χ0) is 23.5. The molecular weight excluding hydrogens is 423 g/mol. The molecule has 0 aromatic heterocycles. The first-order valence-electron chi connectivity index (χ1n) is 10.6. The number of hydrogen-bond donors (Lipinski definition) is 3. The number of carboxylic acid groups (broad SMARTS) is 1. The maximum atomic E-state index is 14.7. The van der Waals surface area contributed by atoms with Crippen LogP contribution in [0.25, 0.3) is 11.1 Å². The number of urea groups is 1. The van der Waals surface area contributed by atoms with Gasteiger partial charge in [0.2, 0.25) is 0 Å². The number of aliphatic carboxylic acids is 1. The Morgan fingerprint density at radius 2 is 1.79 bits per heavy atom. The van der Waals surface area contributed by atoms with Crippen molar-refractivity contribution in [2.45, 2.75) is 26.2 Å². The second kappa shape index (κ2) is 9.24. The van der Waals surface area contributed by atoms with Gasteiger partial charge in [0.05, 0.1) is 12.1 Å². The average molecular weight is 446 g/mol. The Labute approximate surface area is 190 Å². The van der Waals surface area contributed by atoms with Gasteiger partial charge in [0.1, 0.15) is 5.82 Å². The summed E-state index contributed by atoms with van der Waals surface area (Å²) in [5.74, 6) is -2.22. The Morgan fingerprint density at radius 1 is 1.03 bits per heavy atom. The Morgan fingerprint density at radius 3 is 2.52 bits per heavy atom. The van der Waals surface area contributed by atoms with Crippen LogP contribution in [0, 0.1) is 18.7 Å². The van der Waals surface area contributed by atoms with Crippen LogP contribution in [-0.2, 0) is 11.2 Å². The summed E-state index contributed by atoms with van der Waals surface area (Å²) < 4.78 is 14.7. The highest BCUT2D eigenvalue weighted by molar-refractivity contribution is 6.02. The summed E-state index contributed by atoms with van der Waals surface area (Å²) in [6, 6.07) is 16.5. The molecule has 0 saturated carbocycles. The topological polar surface area (TPSA) is 95.5 Å². The van der Waals surface area contributed by atoms with Crippen molar-refractivity contribution in [3.8, 4) is 11.1 Å². The number of rotatable bonds is 5. The van der Waals surface area contributed by atoms with E-state index in [1.165, 1.54) is 12.1 Å². The number of carbonyl (C=O) groups excluding carboxylic acids is 2. The summed E-state index contributed by atoms with van der Waals surface area (Å²) in [5.41, 5.74) is 4.37. The minimum absolute atomic E-state index is 0.0496. The SMILES string of the molecule is Cc1cccc(NC(=O)Nc2ccc(-c3ccc4c(c3)CCC(CC(=O)O)C4=O)cc2F)c1. The van der Waals surface area contributed by atoms with Crippen LogP contribution < -0.4 is 10.6 Å². The first kappa shape index (κ1) is 22.2. The molecule has 0 fully saturated rings. The van der Waals surface area contributed by atoms with Gasteiger partial charge in [-0.1, -0.05) is 36.4 Å². The van der Waals surface area contributed by atoms with Gasteiger partial charge in [-0.2, -0.15) is 0 Å². The van der Waals surface area contributed by atoms with Crippen LogP contribution in [0.15, 0.2) is 60.7 Å². The zero-order valence-corrected chi connectivity index (χ0v) is 18.0. The lowest BCUT2D eigenvalue weighted by molar-refractivity contribution is -0.137. The predicted molar refractivity (Wildman–Crippen MR) is 124 cm³/mol. The minimum atomic E-state index is -0.981. The van der Waals surface area contributed by atoms with Gasteiger partial charge in [0.25, 0.3) is 0 Å². The predicted octanol–water partition coefficient (Wildman–Crippen LogP) is 5.66. The number of Topliss-reactive ketones (excluding diaryl/α,β-unsaturated/α-hetero) is 1. The van der Waals surface area contributed by atoms with Crippen LogP contribution in [0.3, 0.4) is 0 Å². The van der Waals surface area contributed by atoms with E-state index in [-0.39, 0.29) is 17.9 Å². The average Bonchev–Trinajstić information content (AvgIpc) is 2.76. The van der Waals surface area contributed by atoms with Gasteiger partial charge in [-0.3, -0.25) is 9.59 Å². The molecule has 7 heteroatoms. The number of amides is 2. The van der Waals surface area contributed by atoms with Crippen LogP contribution in [0.1, 0.15) is 34.3 Å². The number of anilines is 2. The number of ketones is 1. The number of aryl methyl sites for hydroxylation is 2. The molecule has 3 N–H and O–H groups in total. The third-order valence-corrected chi connectivity index (χ3v) is 5.75. The fourth-order valence-electron chi connectivity index (χ4n) is 4.11. The van der Waals surface area contributed by atoms with Crippen molar-refractivity contribution < 1.29 is 23.9 Å². The third-order valence-electron chi connectivity index (χ3n) is 5.75. The number of carbonyl (C=O) groups is 3. The molecule has 1 unspecified atom stereocenters. The Bertz CT molecular complexity index is 1250. The second-order valence-corrected chi connectivity index (χ2v) is 8.21. The normalized spacial score (nSPS) is 15.0. The summed E-state index contributed by atoms with van der Waals surface area (Å²) in [7, 11) is 0. The molecule has 1 atom stereocenters. The molecule has 4 rings (SSSR count). The van der Waals surface area contributed by atoms with Gasteiger partial charge in [-0.05, 0) is 66.3 Å². The summed E-state index contributed by atoms with van der Waals surface area (Å²) in [6.07, 6.45) is 0.903. The number of hydrogen-bond acceptors (Lipinski definition) is 3. The monoisotopic (exact) mass is 446 g/mol. The van der Waals surface area contributed by atoms with E-state index in [4.69, 9.17) is 5.11 Å². The molecular formula is C26H23FN2O4. The smallest absolute Gasteiger partial charge is 0.323 e. The van der Waals surface area contributed by atoms with Gasteiger partial charge in [-0.25, -0.2) is 9.18 Å². The van der Waals surface area contributed by atoms with Crippen molar-refractivity contribution in [2.75, 3.05) is 10.6 Å². The van der Waals surface area contributed by atoms with E-state index >= 15 is 0 Å². The van der Waals surface area contributed by atoms with Crippen LogP contribution >= 0.6 is 0 Å². The molecule has 3 aromatic carbocycles. The molecule has 6 nitrogen and oxygen atoms in total. The maximum absolute atomic E-state index is 14.7. The summed E-state index contributed by atoms with van der Waals surface area (Å²) in [6.45, 7) is 1.91. The standard InChI is InChI=1S/C26H23FN2O4/c1-15-3-2-4-20(11-15)28-26(33)29-23-10-8-17(13-22(23)27)16-7-9-21-18(12-16)5-6-19(25(21)32)14-24(30)31/h2-4,7-13,19H,5-6,14H2,1H3,(H,30,31)(H2,28,29,33). The van der Waals surface area contributed by atoms with E-state index in [9.17, 15) is 18.8 Å². The third kappa shape index (κ3) is 5.09. The Hall–Kier alpha value is -4.00. The largest absolute Gasteiger partial charge is 0.481 e. The van der Waals surface area contributed by atoms with Crippen molar-refractivity contribution in [3.63, 3.8) is 0 Å². The lowest BCUT2D eigenvalue weighted by Gasteiger charge is -2.22. The van der Waals surface area contributed by atoms with Gasteiger partial charge < -0.3 is 15.7 Å². The molecule has 1 aliphatic rings. The lowest BCUT2D eigenvalue weighted by atomic mass is 9.80. The van der Waals surface area contributed by atoms with Gasteiger partial charge in [-0.15, -0.1) is 0 Å². The first-order chi connectivity index (χ1) is 15.8. The van der Waals surface area contributed by atoms with Gasteiger partial charge in [0.15, 0.2) is 5.78 Å². The molecule has 0 bridgehead atoms. The molecule has 1 aliphatic carbocycles. The van der Waals surface area contributed by atoms with Crippen LogP contribution in [-0.4, -0.2) is 22.9 Å². The fraction of sp³-hybridized carbons (Fsp3) is 0.192. The highest BCUT2D eigenvalue weighted by atomic mass is 19.1. The minimum Gasteiger partial charge on any atom is -0.481 e. The van der Waals surface area contributed by atoms with Crippen molar-refractivity contribution in [1.82, 2.24) is 0 Å². The Balaban J connectivity index is 1.48. The van der Waals surface area contributed by atoms with E-state index in [0.717, 1.165) is 16.7 Å². The molecule has 0 saturated heterocycles. The molecule has 3 aromatic rings. The first-order valence-corrected chi connectivity index (χ1v) is 10.6. The number of halogens is 1. The molecule has 0 aliphatic heterocycles. The Kier molecular flexibility index (Phi) is 6.22. The highest BCUT2D eigenvalue weighted by Gasteiger charge is 2.29. The van der Waals surface area contributed by atoms with Crippen molar-refractivity contribution in [2.24, 2.45) is 5.92 Å². The quantitative estimate of drug-likeness (QED) is 0.471. The fourth-order valence-corrected chi connectivity index (χ4v) is 4.11. The summed E-state index contributed by atoms with van der Waals surface area (Å²) >= 11 is 0. The molecule has 0 radical (unpaired) electrons. The van der Waals surface area contributed by atoms with E-state index in [1.54, 1.807) is 24.3 Å². The summed E-state index contributed by atoms with van der Waals surface area (Å²) in [4.78, 5) is 35.8. The van der Waals surface area contributed by atoms with Gasteiger partial charge in [0, 0.05) is 17.2 Å². The van der Waals surface area contributed by atoms with E-state index in [0.29, 0.717) is 29.7 Å². The number of benzene rings is 3. The van der Waals surface area contributed by atoms with E-state index < -0.39 is 23.7 Å². The van der Waals surface area contributed by atoms with Crippen LogP contribution in [0.4, 0.5) is 20.6 Å². The summed E-state index contributed by atoms with van der Waals surface area (Å²) in [5, 5.41) is 14.2. The molecule has 2 amide bonds. The van der Waals surface area contributed by atoms with Crippen molar-refractivity contribution in [3.05, 3.63) is 83.2 Å². The number of nitrogens with one attached hydrogen (secondary N) is 2. The molecule has 0 spiro atoms. The lowest BCUT2D eigenvalue weighted by Crippen LogP contribution is -2.24. The zero-order valence-electron chi connectivity index (χ0n) is 18.0. The molecule has 0 heterocycles.